The number of carbonyl (C=O) groups excluding carboxylic acids is 1. The van der Waals surface area contributed by atoms with E-state index in [1.807, 2.05) is 0 Å². The maximum absolute atomic E-state index is 13.1. The van der Waals surface area contributed by atoms with E-state index in [1.54, 1.807) is 18.2 Å². The fraction of sp³-hybridized carbons (Fsp3) is 0.238. The average Bonchev–Trinajstić information content (AvgIpc) is 3.14. The zero-order valence-corrected chi connectivity index (χ0v) is 15.2. The molecule has 1 fully saturated rings. The van der Waals surface area contributed by atoms with Gasteiger partial charge in [0, 0.05) is 18.1 Å². The number of carbonyl (C=O) groups is 1. The lowest BCUT2D eigenvalue weighted by Gasteiger charge is -2.19. The SMILES string of the molecule is O=C1OCCC1Oc1c(-c2ccc3c(c2)OCCO3)oc2cc(O)ccc2c1=O. The van der Waals surface area contributed by atoms with Gasteiger partial charge in [0.15, 0.2) is 23.4 Å². The molecule has 5 rings (SSSR count). The van der Waals surface area contributed by atoms with Gasteiger partial charge >= 0.3 is 5.97 Å². The maximum Gasteiger partial charge on any atom is 0.347 e. The Morgan fingerprint density at radius 1 is 0.931 bits per heavy atom. The molecule has 8 heteroatoms. The Labute approximate surface area is 164 Å². The molecule has 0 spiro atoms. The van der Waals surface area contributed by atoms with Gasteiger partial charge in [-0.2, -0.15) is 0 Å². The van der Waals surface area contributed by atoms with Crippen molar-refractivity contribution in [2.45, 2.75) is 12.5 Å². The number of hydrogen-bond acceptors (Lipinski definition) is 8. The zero-order chi connectivity index (χ0) is 20.0. The Morgan fingerprint density at radius 2 is 1.76 bits per heavy atom. The molecule has 0 saturated carbocycles. The Bertz CT molecular complexity index is 1180. The fourth-order valence-corrected chi connectivity index (χ4v) is 3.37. The molecule has 1 unspecified atom stereocenters. The second kappa shape index (κ2) is 6.73. The first-order chi connectivity index (χ1) is 14.1. The number of phenols is 1. The van der Waals surface area contributed by atoms with E-state index in [-0.39, 0.29) is 34.8 Å². The van der Waals surface area contributed by atoms with Crippen LogP contribution in [0.5, 0.6) is 23.0 Å². The van der Waals surface area contributed by atoms with Gasteiger partial charge in [-0.1, -0.05) is 0 Å². The first-order valence-electron chi connectivity index (χ1n) is 9.13. The van der Waals surface area contributed by atoms with Crippen LogP contribution >= 0.6 is 0 Å². The van der Waals surface area contributed by atoms with Crippen LogP contribution in [0.1, 0.15) is 6.42 Å². The molecule has 0 radical (unpaired) electrons. The number of esters is 1. The van der Waals surface area contributed by atoms with Crippen molar-refractivity contribution in [2.75, 3.05) is 19.8 Å². The normalized spacial score (nSPS) is 17.9. The number of cyclic esters (lactones) is 1. The summed E-state index contributed by atoms with van der Waals surface area (Å²) in [5.41, 5.74) is 0.259. The third-order valence-electron chi connectivity index (χ3n) is 4.79. The summed E-state index contributed by atoms with van der Waals surface area (Å²) in [6, 6.07) is 9.29. The molecule has 2 aliphatic heterocycles. The van der Waals surface area contributed by atoms with Gasteiger partial charge < -0.3 is 28.5 Å². The first-order valence-corrected chi connectivity index (χ1v) is 9.13. The highest BCUT2D eigenvalue weighted by Gasteiger charge is 2.31. The van der Waals surface area contributed by atoms with E-state index in [0.717, 1.165) is 0 Å². The summed E-state index contributed by atoms with van der Waals surface area (Å²) < 4.78 is 27.8. The molecule has 29 heavy (non-hydrogen) atoms. The Balaban J connectivity index is 1.70. The largest absolute Gasteiger partial charge is 0.508 e. The van der Waals surface area contributed by atoms with Gasteiger partial charge in [-0.25, -0.2) is 4.79 Å². The summed E-state index contributed by atoms with van der Waals surface area (Å²) in [5, 5.41) is 10.0. The number of aromatic hydroxyl groups is 1. The molecular weight excluding hydrogens is 380 g/mol. The minimum Gasteiger partial charge on any atom is -0.508 e. The zero-order valence-electron chi connectivity index (χ0n) is 15.2. The molecule has 148 valence electrons. The molecular formula is C21H16O8. The van der Waals surface area contributed by atoms with Crippen LogP contribution < -0.4 is 19.6 Å². The van der Waals surface area contributed by atoms with Crippen molar-refractivity contribution < 1.29 is 33.3 Å². The molecule has 3 aromatic rings. The Morgan fingerprint density at radius 3 is 2.55 bits per heavy atom. The van der Waals surface area contributed by atoms with E-state index in [0.29, 0.717) is 36.7 Å². The highest BCUT2D eigenvalue weighted by Crippen LogP contribution is 2.38. The lowest BCUT2D eigenvalue weighted by molar-refractivity contribution is -0.143. The van der Waals surface area contributed by atoms with E-state index in [9.17, 15) is 14.7 Å². The lowest BCUT2D eigenvalue weighted by atomic mass is 10.1. The number of rotatable bonds is 3. The van der Waals surface area contributed by atoms with Crippen LogP contribution in [0.3, 0.4) is 0 Å². The number of fused-ring (bicyclic) bond motifs is 2. The number of phenolic OH excluding ortho intramolecular Hbond substituents is 1. The van der Waals surface area contributed by atoms with E-state index < -0.39 is 17.5 Å². The number of ether oxygens (including phenoxy) is 4. The summed E-state index contributed by atoms with van der Waals surface area (Å²) in [6.45, 7) is 1.09. The average molecular weight is 396 g/mol. The summed E-state index contributed by atoms with van der Waals surface area (Å²) in [6.07, 6.45) is -0.546. The van der Waals surface area contributed by atoms with Gasteiger partial charge in [0.25, 0.3) is 0 Å². The number of hydrogen-bond donors (Lipinski definition) is 1. The van der Waals surface area contributed by atoms with E-state index >= 15 is 0 Å². The van der Waals surface area contributed by atoms with Crippen molar-refractivity contribution in [1.82, 2.24) is 0 Å². The van der Waals surface area contributed by atoms with Crippen LogP contribution in [0.4, 0.5) is 0 Å². The predicted octanol–water partition coefficient (Wildman–Crippen LogP) is 2.63. The van der Waals surface area contributed by atoms with Crippen LogP contribution in [0, 0.1) is 0 Å². The monoisotopic (exact) mass is 396 g/mol. The van der Waals surface area contributed by atoms with Crippen molar-refractivity contribution in [3.8, 4) is 34.3 Å². The van der Waals surface area contributed by atoms with Gasteiger partial charge in [-0.15, -0.1) is 0 Å². The molecule has 1 saturated heterocycles. The van der Waals surface area contributed by atoms with Crippen LogP contribution in [0.2, 0.25) is 0 Å². The predicted molar refractivity (Wildman–Crippen MR) is 101 cm³/mol. The van der Waals surface area contributed by atoms with Gasteiger partial charge in [0.2, 0.25) is 11.2 Å². The molecule has 1 atom stereocenters. The number of benzene rings is 2. The van der Waals surface area contributed by atoms with E-state index in [2.05, 4.69) is 0 Å². The standard InChI is InChI=1S/C21H16O8/c22-12-2-3-13-16(10-12)29-19(11-1-4-14-17(9-11)26-8-7-25-14)20(18(13)23)28-15-5-6-27-21(15)24/h1-4,9-10,15,22H,5-8H2. The van der Waals surface area contributed by atoms with Gasteiger partial charge in [-0.05, 0) is 30.3 Å². The molecule has 0 amide bonds. The quantitative estimate of drug-likeness (QED) is 0.674. The van der Waals surface area contributed by atoms with Crippen LogP contribution in [-0.2, 0) is 9.53 Å². The summed E-state index contributed by atoms with van der Waals surface area (Å²) >= 11 is 0. The summed E-state index contributed by atoms with van der Waals surface area (Å²) in [5.74, 6) is 0.569. The maximum atomic E-state index is 13.1. The lowest BCUT2D eigenvalue weighted by Crippen LogP contribution is -2.25. The summed E-state index contributed by atoms with van der Waals surface area (Å²) in [4.78, 5) is 25.0. The topological polar surface area (TPSA) is 104 Å². The van der Waals surface area contributed by atoms with Gasteiger partial charge in [0.05, 0.1) is 12.0 Å². The van der Waals surface area contributed by atoms with Crippen molar-refractivity contribution in [1.29, 1.82) is 0 Å². The van der Waals surface area contributed by atoms with Crippen molar-refractivity contribution in [3.05, 3.63) is 46.6 Å². The minimum absolute atomic E-state index is 0.0400. The first kappa shape index (κ1) is 17.4. The van der Waals surface area contributed by atoms with Crippen LogP contribution in [0.15, 0.2) is 45.6 Å². The minimum atomic E-state index is -0.886. The molecule has 8 nitrogen and oxygen atoms in total. The van der Waals surface area contributed by atoms with E-state index in [1.165, 1.54) is 18.2 Å². The Hall–Kier alpha value is -3.68. The Kier molecular flexibility index (Phi) is 4.04. The van der Waals surface area contributed by atoms with Gasteiger partial charge in [-0.3, -0.25) is 4.79 Å². The molecule has 0 bridgehead atoms. The van der Waals surface area contributed by atoms with Crippen LogP contribution in [0.25, 0.3) is 22.3 Å². The molecule has 2 aromatic carbocycles. The fourth-order valence-electron chi connectivity index (χ4n) is 3.37. The molecule has 0 aliphatic carbocycles. The highest BCUT2D eigenvalue weighted by atomic mass is 16.6. The third kappa shape index (κ3) is 3.02. The second-order valence-corrected chi connectivity index (χ2v) is 6.69. The summed E-state index contributed by atoms with van der Waals surface area (Å²) in [7, 11) is 0. The van der Waals surface area contributed by atoms with Crippen molar-refractivity contribution in [3.63, 3.8) is 0 Å². The van der Waals surface area contributed by atoms with Crippen molar-refractivity contribution in [2.24, 2.45) is 0 Å². The molecule has 1 N–H and O–H groups in total. The second-order valence-electron chi connectivity index (χ2n) is 6.69. The van der Waals surface area contributed by atoms with Gasteiger partial charge in [0.1, 0.15) is 24.5 Å². The molecule has 3 heterocycles. The van der Waals surface area contributed by atoms with E-state index in [4.69, 9.17) is 23.4 Å². The smallest absolute Gasteiger partial charge is 0.347 e. The third-order valence-corrected chi connectivity index (χ3v) is 4.79. The van der Waals surface area contributed by atoms with Crippen molar-refractivity contribution >= 4 is 16.9 Å². The van der Waals surface area contributed by atoms with Crippen LogP contribution in [-0.4, -0.2) is 37.0 Å². The molecule has 2 aliphatic rings. The molecule has 1 aromatic heterocycles. The highest BCUT2D eigenvalue weighted by molar-refractivity contribution is 5.84.